The number of benzene rings is 3. The van der Waals surface area contributed by atoms with Crippen molar-refractivity contribution in [1.82, 2.24) is 0 Å². The molecular formula is C25H29O3P. The quantitative estimate of drug-likeness (QED) is 0.334. The Morgan fingerprint density at radius 3 is 1.14 bits per heavy atom. The lowest BCUT2D eigenvalue weighted by atomic mass is 9.70. The molecule has 0 spiro atoms. The van der Waals surface area contributed by atoms with Gasteiger partial charge in [0.1, 0.15) is 0 Å². The van der Waals surface area contributed by atoms with Gasteiger partial charge < -0.3 is 9.05 Å². The summed E-state index contributed by atoms with van der Waals surface area (Å²) in [6, 6.07) is 25.3. The fourth-order valence-electron chi connectivity index (χ4n) is 3.78. The van der Waals surface area contributed by atoms with E-state index in [1.165, 1.54) is 30.9 Å². The standard InChI is InChI=1S/C25H29O3P/c1-19-6-12-22(13-7-19)25(18-29(26,27-4)28-5,23-14-8-20(2)9-15-23)24-16-10-21(3)11-17-24/h6-17H,18H2,1-5H3. The van der Waals surface area contributed by atoms with Gasteiger partial charge in [-0.05, 0) is 37.5 Å². The summed E-state index contributed by atoms with van der Waals surface area (Å²) < 4.78 is 24.3. The Labute approximate surface area is 174 Å². The molecule has 0 saturated heterocycles. The fraction of sp³-hybridized carbons (Fsp3) is 0.280. The molecule has 0 aliphatic heterocycles. The van der Waals surface area contributed by atoms with Crippen LogP contribution in [-0.4, -0.2) is 20.4 Å². The van der Waals surface area contributed by atoms with Gasteiger partial charge in [-0.2, -0.15) is 0 Å². The fourth-order valence-corrected chi connectivity index (χ4v) is 5.32. The first-order valence-electron chi connectivity index (χ1n) is 9.75. The van der Waals surface area contributed by atoms with Crippen molar-refractivity contribution in [2.45, 2.75) is 26.2 Å². The molecule has 152 valence electrons. The monoisotopic (exact) mass is 408 g/mol. The molecule has 3 aromatic rings. The van der Waals surface area contributed by atoms with Crippen molar-refractivity contribution >= 4 is 7.60 Å². The van der Waals surface area contributed by atoms with Crippen molar-refractivity contribution in [2.24, 2.45) is 0 Å². The van der Waals surface area contributed by atoms with Crippen LogP contribution in [0.3, 0.4) is 0 Å². The molecular weight excluding hydrogens is 379 g/mol. The van der Waals surface area contributed by atoms with Crippen molar-refractivity contribution in [3.63, 3.8) is 0 Å². The maximum absolute atomic E-state index is 13.4. The Hall–Kier alpha value is -2.19. The average Bonchev–Trinajstić information content (AvgIpc) is 2.74. The number of hydrogen-bond acceptors (Lipinski definition) is 3. The molecule has 3 nitrogen and oxygen atoms in total. The number of aryl methyl sites for hydroxylation is 3. The van der Waals surface area contributed by atoms with Gasteiger partial charge in [0, 0.05) is 14.2 Å². The lowest BCUT2D eigenvalue weighted by Crippen LogP contribution is -2.34. The molecule has 0 aliphatic rings. The van der Waals surface area contributed by atoms with Gasteiger partial charge in [-0.25, -0.2) is 0 Å². The summed E-state index contributed by atoms with van der Waals surface area (Å²) in [5.74, 6) is 0. The van der Waals surface area contributed by atoms with E-state index in [-0.39, 0.29) is 6.16 Å². The SMILES string of the molecule is COP(=O)(CC(c1ccc(C)cc1)(c1ccc(C)cc1)c1ccc(C)cc1)OC. The molecule has 0 heterocycles. The summed E-state index contributed by atoms with van der Waals surface area (Å²) in [4.78, 5) is 0. The van der Waals surface area contributed by atoms with Gasteiger partial charge in [-0.1, -0.05) is 89.5 Å². The third-order valence-electron chi connectivity index (χ3n) is 5.62. The highest BCUT2D eigenvalue weighted by Crippen LogP contribution is 2.55. The van der Waals surface area contributed by atoms with Gasteiger partial charge in [0.05, 0.1) is 11.6 Å². The molecule has 0 saturated carbocycles. The minimum Gasteiger partial charge on any atom is -0.312 e. The zero-order valence-corrected chi connectivity index (χ0v) is 18.7. The largest absolute Gasteiger partial charge is 0.331 e. The van der Waals surface area contributed by atoms with Crippen LogP contribution in [0.1, 0.15) is 33.4 Å². The number of hydrogen-bond donors (Lipinski definition) is 0. The Morgan fingerprint density at radius 2 is 0.897 bits per heavy atom. The summed E-state index contributed by atoms with van der Waals surface area (Å²) >= 11 is 0. The maximum Gasteiger partial charge on any atom is 0.331 e. The molecule has 29 heavy (non-hydrogen) atoms. The molecule has 4 heteroatoms. The van der Waals surface area contributed by atoms with E-state index in [2.05, 4.69) is 93.6 Å². The van der Waals surface area contributed by atoms with Gasteiger partial charge in [-0.15, -0.1) is 0 Å². The van der Waals surface area contributed by atoms with Gasteiger partial charge in [-0.3, -0.25) is 4.57 Å². The second kappa shape index (κ2) is 8.67. The topological polar surface area (TPSA) is 35.5 Å². The van der Waals surface area contributed by atoms with Crippen molar-refractivity contribution in [2.75, 3.05) is 20.4 Å². The minimum absolute atomic E-state index is 0.210. The lowest BCUT2D eigenvalue weighted by Gasteiger charge is -2.37. The van der Waals surface area contributed by atoms with E-state index >= 15 is 0 Å². The molecule has 0 atom stereocenters. The van der Waals surface area contributed by atoms with Crippen LogP contribution in [-0.2, 0) is 19.0 Å². The summed E-state index contributed by atoms with van der Waals surface area (Å²) in [7, 11) is -0.429. The summed E-state index contributed by atoms with van der Waals surface area (Å²) in [5.41, 5.74) is 6.04. The molecule has 3 aromatic carbocycles. The molecule has 0 fully saturated rings. The van der Waals surface area contributed by atoms with Gasteiger partial charge in [0.25, 0.3) is 0 Å². The first-order valence-corrected chi connectivity index (χ1v) is 11.5. The van der Waals surface area contributed by atoms with Crippen LogP contribution < -0.4 is 0 Å². The third-order valence-corrected chi connectivity index (χ3v) is 7.59. The normalized spacial score (nSPS) is 12.2. The Morgan fingerprint density at radius 1 is 0.621 bits per heavy atom. The predicted molar refractivity (Wildman–Crippen MR) is 120 cm³/mol. The molecule has 3 rings (SSSR count). The van der Waals surface area contributed by atoms with E-state index in [0.29, 0.717) is 0 Å². The highest BCUT2D eigenvalue weighted by molar-refractivity contribution is 7.53. The van der Waals surface area contributed by atoms with Crippen LogP contribution in [0.15, 0.2) is 72.8 Å². The van der Waals surface area contributed by atoms with E-state index in [1.807, 2.05) is 0 Å². The van der Waals surface area contributed by atoms with Crippen LogP contribution in [0.5, 0.6) is 0 Å². The first-order chi connectivity index (χ1) is 13.8. The second-order valence-electron chi connectivity index (χ2n) is 7.64. The average molecular weight is 408 g/mol. The van der Waals surface area contributed by atoms with Crippen molar-refractivity contribution in [3.8, 4) is 0 Å². The van der Waals surface area contributed by atoms with Crippen LogP contribution in [0.2, 0.25) is 0 Å². The Bertz CT molecular complexity index is 871. The van der Waals surface area contributed by atoms with Gasteiger partial charge in [0.2, 0.25) is 0 Å². The van der Waals surface area contributed by atoms with E-state index in [0.717, 1.165) is 16.7 Å². The van der Waals surface area contributed by atoms with E-state index in [4.69, 9.17) is 9.05 Å². The van der Waals surface area contributed by atoms with Gasteiger partial charge >= 0.3 is 7.60 Å². The summed E-state index contributed by atoms with van der Waals surface area (Å²) in [6.07, 6.45) is 0.210. The van der Waals surface area contributed by atoms with Gasteiger partial charge in [0.15, 0.2) is 0 Å². The minimum atomic E-state index is -3.33. The highest BCUT2D eigenvalue weighted by Gasteiger charge is 2.43. The van der Waals surface area contributed by atoms with E-state index in [1.54, 1.807) is 0 Å². The van der Waals surface area contributed by atoms with E-state index in [9.17, 15) is 4.57 Å². The van der Waals surface area contributed by atoms with Crippen LogP contribution in [0, 0.1) is 20.8 Å². The molecule has 0 unspecified atom stereocenters. The first kappa shape index (κ1) is 21.5. The van der Waals surface area contributed by atoms with Crippen LogP contribution in [0.4, 0.5) is 0 Å². The molecule has 0 bridgehead atoms. The number of rotatable bonds is 7. The van der Waals surface area contributed by atoms with Crippen LogP contribution in [0.25, 0.3) is 0 Å². The molecule has 0 aromatic heterocycles. The molecule has 0 radical (unpaired) electrons. The summed E-state index contributed by atoms with van der Waals surface area (Å²) in [6.45, 7) is 6.20. The zero-order chi connectivity index (χ0) is 21.1. The zero-order valence-electron chi connectivity index (χ0n) is 17.8. The Balaban J connectivity index is 2.36. The smallest absolute Gasteiger partial charge is 0.312 e. The highest BCUT2D eigenvalue weighted by atomic mass is 31.2. The van der Waals surface area contributed by atoms with Crippen molar-refractivity contribution in [3.05, 3.63) is 106 Å². The molecule has 0 N–H and O–H groups in total. The predicted octanol–water partition coefficient (Wildman–Crippen LogP) is 6.43. The molecule has 0 amide bonds. The Kier molecular flexibility index (Phi) is 6.43. The van der Waals surface area contributed by atoms with Crippen molar-refractivity contribution < 1.29 is 13.6 Å². The van der Waals surface area contributed by atoms with Crippen LogP contribution >= 0.6 is 7.60 Å². The van der Waals surface area contributed by atoms with Crippen molar-refractivity contribution in [1.29, 1.82) is 0 Å². The van der Waals surface area contributed by atoms with E-state index < -0.39 is 13.0 Å². The summed E-state index contributed by atoms with van der Waals surface area (Å²) in [5, 5.41) is 0. The third kappa shape index (κ3) is 4.38. The lowest BCUT2D eigenvalue weighted by molar-refractivity contribution is 0.271. The maximum atomic E-state index is 13.4. The molecule has 0 aliphatic carbocycles. The second-order valence-corrected chi connectivity index (χ2v) is 9.91.